The fourth-order valence-corrected chi connectivity index (χ4v) is 2.73. The summed E-state index contributed by atoms with van der Waals surface area (Å²) in [5.74, 6) is 0.796. The normalized spacial score (nSPS) is 16.3. The number of benzene rings is 1. The van der Waals surface area contributed by atoms with Crippen molar-refractivity contribution in [3.8, 4) is 5.75 Å². The molecule has 3 heteroatoms. The topological polar surface area (TPSA) is 32.3 Å². The highest BCUT2D eigenvalue weighted by molar-refractivity contribution is 5.32. The van der Waals surface area contributed by atoms with Crippen molar-refractivity contribution < 1.29 is 9.50 Å². The van der Waals surface area contributed by atoms with Crippen molar-refractivity contribution in [2.45, 2.75) is 45.1 Å². The smallest absolute Gasteiger partial charge is 0.123 e. The highest BCUT2D eigenvalue weighted by atomic mass is 19.1. The average molecular weight is 251 g/mol. The van der Waals surface area contributed by atoms with Gasteiger partial charge in [0.25, 0.3) is 0 Å². The van der Waals surface area contributed by atoms with Crippen LogP contribution in [0.3, 0.4) is 0 Å². The number of halogens is 1. The molecule has 0 aromatic heterocycles. The van der Waals surface area contributed by atoms with Crippen LogP contribution in [0, 0.1) is 11.7 Å². The lowest BCUT2D eigenvalue weighted by molar-refractivity contribution is 0.453. The lowest BCUT2D eigenvalue weighted by Gasteiger charge is -2.10. The Kier molecular flexibility index (Phi) is 5.00. The summed E-state index contributed by atoms with van der Waals surface area (Å²) in [6.45, 7) is 1.47. The van der Waals surface area contributed by atoms with Gasteiger partial charge in [-0.2, -0.15) is 0 Å². The minimum atomic E-state index is -0.296. The fourth-order valence-electron chi connectivity index (χ4n) is 2.73. The summed E-state index contributed by atoms with van der Waals surface area (Å²) in [6.07, 6.45) is 8.04. The van der Waals surface area contributed by atoms with Crippen molar-refractivity contribution in [1.82, 2.24) is 5.32 Å². The minimum Gasteiger partial charge on any atom is -0.508 e. The van der Waals surface area contributed by atoms with Gasteiger partial charge in [0.15, 0.2) is 0 Å². The van der Waals surface area contributed by atoms with Gasteiger partial charge in [-0.15, -0.1) is 0 Å². The van der Waals surface area contributed by atoms with Crippen LogP contribution in [0.15, 0.2) is 18.2 Å². The van der Waals surface area contributed by atoms with E-state index in [1.165, 1.54) is 56.7 Å². The van der Waals surface area contributed by atoms with E-state index in [0.717, 1.165) is 12.5 Å². The van der Waals surface area contributed by atoms with E-state index in [2.05, 4.69) is 5.32 Å². The predicted octanol–water partition coefficient (Wildman–Crippen LogP) is 3.59. The minimum absolute atomic E-state index is 0.166. The Labute approximate surface area is 108 Å². The molecule has 2 rings (SSSR count). The van der Waals surface area contributed by atoms with Crippen LogP contribution >= 0.6 is 0 Å². The fraction of sp³-hybridized carbons (Fsp3) is 0.600. The van der Waals surface area contributed by atoms with Gasteiger partial charge in [-0.3, -0.25) is 0 Å². The van der Waals surface area contributed by atoms with Gasteiger partial charge in [0, 0.05) is 12.1 Å². The van der Waals surface area contributed by atoms with Crippen LogP contribution in [0.4, 0.5) is 4.39 Å². The zero-order valence-electron chi connectivity index (χ0n) is 10.8. The molecule has 0 heterocycles. The number of nitrogens with one attached hydrogen (secondary N) is 1. The lowest BCUT2D eigenvalue weighted by Crippen LogP contribution is -2.15. The summed E-state index contributed by atoms with van der Waals surface area (Å²) in [5.41, 5.74) is 0.635. The molecule has 1 aromatic rings. The van der Waals surface area contributed by atoms with Crippen molar-refractivity contribution in [3.63, 3.8) is 0 Å². The summed E-state index contributed by atoms with van der Waals surface area (Å²) >= 11 is 0. The van der Waals surface area contributed by atoms with Gasteiger partial charge in [-0.25, -0.2) is 4.39 Å². The van der Waals surface area contributed by atoms with Gasteiger partial charge in [-0.05, 0) is 43.5 Å². The van der Waals surface area contributed by atoms with Crippen molar-refractivity contribution in [1.29, 1.82) is 0 Å². The molecule has 0 bridgehead atoms. The second kappa shape index (κ2) is 6.74. The third-order valence-corrected chi connectivity index (χ3v) is 3.80. The number of phenolic OH excluding ortho intramolecular Hbond substituents is 1. The maximum absolute atomic E-state index is 13.0. The molecular formula is C15H22FNO. The lowest BCUT2D eigenvalue weighted by atomic mass is 10.0. The molecule has 18 heavy (non-hydrogen) atoms. The first-order valence-corrected chi connectivity index (χ1v) is 6.94. The standard InChI is InChI=1S/C15H22FNO/c16-14-7-8-15(18)13(10-14)11-17-9-3-6-12-4-1-2-5-12/h7-8,10,12,17-18H,1-6,9,11H2. The molecule has 1 aliphatic carbocycles. The van der Waals surface area contributed by atoms with Crippen LogP contribution in [0.5, 0.6) is 5.75 Å². The molecule has 1 saturated carbocycles. The second-order valence-electron chi connectivity index (χ2n) is 5.24. The quantitative estimate of drug-likeness (QED) is 0.757. The van der Waals surface area contributed by atoms with Gasteiger partial charge in [-0.1, -0.05) is 25.7 Å². The predicted molar refractivity (Wildman–Crippen MR) is 71.0 cm³/mol. The second-order valence-corrected chi connectivity index (χ2v) is 5.24. The summed E-state index contributed by atoms with van der Waals surface area (Å²) < 4.78 is 13.0. The average Bonchev–Trinajstić information content (AvgIpc) is 2.86. The Bertz CT molecular complexity index is 375. The molecule has 0 amide bonds. The largest absolute Gasteiger partial charge is 0.508 e. The molecule has 100 valence electrons. The van der Waals surface area contributed by atoms with E-state index in [1.807, 2.05) is 0 Å². The Morgan fingerprint density at radius 2 is 2.06 bits per heavy atom. The molecule has 0 radical (unpaired) electrons. The van der Waals surface area contributed by atoms with E-state index in [0.29, 0.717) is 12.1 Å². The van der Waals surface area contributed by atoms with E-state index in [1.54, 1.807) is 0 Å². The number of hydrogen-bond acceptors (Lipinski definition) is 2. The molecule has 1 aliphatic rings. The summed E-state index contributed by atoms with van der Waals surface area (Å²) in [6, 6.07) is 4.07. The summed E-state index contributed by atoms with van der Waals surface area (Å²) in [7, 11) is 0. The molecule has 0 spiro atoms. The molecule has 0 saturated heterocycles. The molecule has 0 atom stereocenters. The Balaban J connectivity index is 1.64. The monoisotopic (exact) mass is 251 g/mol. The van der Waals surface area contributed by atoms with Crippen LogP contribution in [0.25, 0.3) is 0 Å². The van der Waals surface area contributed by atoms with Gasteiger partial charge < -0.3 is 10.4 Å². The first-order chi connectivity index (χ1) is 8.75. The van der Waals surface area contributed by atoms with E-state index in [-0.39, 0.29) is 11.6 Å². The maximum Gasteiger partial charge on any atom is 0.123 e. The molecule has 1 aromatic carbocycles. The highest BCUT2D eigenvalue weighted by Crippen LogP contribution is 2.28. The van der Waals surface area contributed by atoms with Crippen molar-refractivity contribution in [3.05, 3.63) is 29.6 Å². The van der Waals surface area contributed by atoms with E-state index < -0.39 is 0 Å². The Morgan fingerprint density at radius 3 is 2.83 bits per heavy atom. The third kappa shape index (κ3) is 3.98. The van der Waals surface area contributed by atoms with Gasteiger partial charge in [0.05, 0.1) is 0 Å². The first kappa shape index (κ1) is 13.3. The number of rotatable bonds is 6. The van der Waals surface area contributed by atoms with Crippen LogP contribution < -0.4 is 5.32 Å². The van der Waals surface area contributed by atoms with Crippen molar-refractivity contribution >= 4 is 0 Å². The highest BCUT2D eigenvalue weighted by Gasteiger charge is 2.13. The van der Waals surface area contributed by atoms with E-state index >= 15 is 0 Å². The molecule has 1 fully saturated rings. The number of phenols is 1. The van der Waals surface area contributed by atoms with Gasteiger partial charge in [0.1, 0.15) is 11.6 Å². The van der Waals surface area contributed by atoms with Crippen molar-refractivity contribution in [2.24, 2.45) is 5.92 Å². The van der Waals surface area contributed by atoms with Crippen LogP contribution in [-0.4, -0.2) is 11.7 Å². The zero-order chi connectivity index (χ0) is 12.8. The molecule has 0 unspecified atom stereocenters. The number of aromatic hydroxyl groups is 1. The molecule has 0 aliphatic heterocycles. The molecule has 2 N–H and O–H groups in total. The molecule has 2 nitrogen and oxygen atoms in total. The molecular weight excluding hydrogens is 229 g/mol. The first-order valence-electron chi connectivity index (χ1n) is 6.94. The SMILES string of the molecule is Oc1ccc(F)cc1CNCCCC1CCCC1. The van der Waals surface area contributed by atoms with E-state index in [4.69, 9.17) is 0 Å². The zero-order valence-corrected chi connectivity index (χ0v) is 10.8. The maximum atomic E-state index is 13.0. The van der Waals surface area contributed by atoms with Gasteiger partial charge >= 0.3 is 0 Å². The van der Waals surface area contributed by atoms with Crippen LogP contribution in [0.2, 0.25) is 0 Å². The Morgan fingerprint density at radius 1 is 1.28 bits per heavy atom. The van der Waals surface area contributed by atoms with Gasteiger partial charge in [0.2, 0.25) is 0 Å². The number of hydrogen-bond donors (Lipinski definition) is 2. The summed E-state index contributed by atoms with van der Waals surface area (Å²) in [4.78, 5) is 0. The Hall–Kier alpha value is -1.09. The van der Waals surface area contributed by atoms with Crippen molar-refractivity contribution in [2.75, 3.05) is 6.54 Å². The van der Waals surface area contributed by atoms with Crippen LogP contribution in [-0.2, 0) is 6.54 Å². The van der Waals surface area contributed by atoms with E-state index in [9.17, 15) is 9.50 Å². The van der Waals surface area contributed by atoms with Crippen LogP contribution in [0.1, 0.15) is 44.1 Å². The third-order valence-electron chi connectivity index (χ3n) is 3.80. The summed E-state index contributed by atoms with van der Waals surface area (Å²) in [5, 5.41) is 12.8.